The maximum atomic E-state index is 12.0. The lowest BCUT2D eigenvalue weighted by atomic mass is 9.99. The molecular formula is C14H12O5S. The average molecular weight is 292 g/mol. The third kappa shape index (κ3) is 2.50. The minimum Gasteiger partial charge on any atom is -0.508 e. The maximum Gasteiger partial charge on any atom is 0.339 e. The van der Waals surface area contributed by atoms with Crippen molar-refractivity contribution in [1.82, 2.24) is 0 Å². The van der Waals surface area contributed by atoms with Crippen LogP contribution in [0, 0.1) is 0 Å². The van der Waals surface area contributed by atoms with E-state index in [1.807, 2.05) is 11.4 Å². The SMILES string of the molecule is COC(=O)c1cc(O)cc(-c2cccs2)c1C(=O)OC. The monoisotopic (exact) mass is 292 g/mol. The zero-order valence-electron chi connectivity index (χ0n) is 10.9. The Morgan fingerprint density at radius 2 is 1.85 bits per heavy atom. The summed E-state index contributed by atoms with van der Waals surface area (Å²) in [7, 11) is 2.44. The number of ether oxygens (including phenoxy) is 2. The van der Waals surface area contributed by atoms with Crippen molar-refractivity contribution in [2.24, 2.45) is 0 Å². The Balaban J connectivity index is 2.75. The first-order valence-electron chi connectivity index (χ1n) is 5.66. The van der Waals surface area contributed by atoms with Gasteiger partial charge in [-0.3, -0.25) is 0 Å². The third-order valence-corrected chi connectivity index (χ3v) is 3.61. The molecule has 0 atom stereocenters. The van der Waals surface area contributed by atoms with Crippen molar-refractivity contribution in [2.45, 2.75) is 0 Å². The average Bonchev–Trinajstić information content (AvgIpc) is 2.98. The first-order valence-corrected chi connectivity index (χ1v) is 6.54. The van der Waals surface area contributed by atoms with Gasteiger partial charge in [0.05, 0.1) is 25.3 Å². The lowest BCUT2D eigenvalue weighted by Gasteiger charge is -2.11. The summed E-state index contributed by atoms with van der Waals surface area (Å²) in [6.07, 6.45) is 0. The molecule has 0 radical (unpaired) electrons. The highest BCUT2D eigenvalue weighted by Gasteiger charge is 2.24. The van der Waals surface area contributed by atoms with E-state index in [9.17, 15) is 14.7 Å². The number of phenolic OH excluding ortho intramolecular Hbond substituents is 1. The largest absolute Gasteiger partial charge is 0.508 e. The number of aromatic hydroxyl groups is 1. The number of benzene rings is 1. The first-order chi connectivity index (χ1) is 9.58. The molecule has 0 saturated carbocycles. The van der Waals surface area contributed by atoms with E-state index in [1.165, 1.54) is 37.7 Å². The second kappa shape index (κ2) is 5.75. The Morgan fingerprint density at radius 3 is 2.40 bits per heavy atom. The molecule has 5 nitrogen and oxygen atoms in total. The number of esters is 2. The Morgan fingerprint density at radius 1 is 1.15 bits per heavy atom. The van der Waals surface area contributed by atoms with Gasteiger partial charge >= 0.3 is 11.9 Å². The summed E-state index contributed by atoms with van der Waals surface area (Å²) in [5, 5.41) is 11.6. The van der Waals surface area contributed by atoms with Crippen LogP contribution in [0.15, 0.2) is 29.6 Å². The number of hydrogen-bond acceptors (Lipinski definition) is 6. The van der Waals surface area contributed by atoms with Crippen molar-refractivity contribution >= 4 is 23.3 Å². The zero-order valence-corrected chi connectivity index (χ0v) is 11.7. The van der Waals surface area contributed by atoms with Crippen molar-refractivity contribution in [3.8, 4) is 16.2 Å². The molecule has 2 rings (SSSR count). The lowest BCUT2D eigenvalue weighted by Crippen LogP contribution is -2.13. The second-order valence-corrected chi connectivity index (χ2v) is 4.82. The number of phenols is 1. The van der Waals surface area contributed by atoms with E-state index >= 15 is 0 Å². The summed E-state index contributed by atoms with van der Waals surface area (Å²) in [6, 6.07) is 6.20. The molecule has 0 spiro atoms. The van der Waals surface area contributed by atoms with Crippen molar-refractivity contribution in [2.75, 3.05) is 14.2 Å². The van der Waals surface area contributed by atoms with E-state index in [0.29, 0.717) is 5.56 Å². The molecule has 0 amide bonds. The van der Waals surface area contributed by atoms with Crippen molar-refractivity contribution in [1.29, 1.82) is 0 Å². The molecule has 1 aromatic heterocycles. The smallest absolute Gasteiger partial charge is 0.339 e. The van der Waals surface area contributed by atoms with Crippen LogP contribution >= 0.6 is 11.3 Å². The van der Waals surface area contributed by atoms with Crippen LogP contribution in [0.3, 0.4) is 0 Å². The molecule has 0 unspecified atom stereocenters. The molecular weight excluding hydrogens is 280 g/mol. The first kappa shape index (κ1) is 14.1. The number of thiophene rings is 1. The van der Waals surface area contributed by atoms with Crippen LogP contribution in [0.1, 0.15) is 20.7 Å². The topological polar surface area (TPSA) is 72.8 Å². The van der Waals surface area contributed by atoms with Gasteiger partial charge in [-0.05, 0) is 23.6 Å². The van der Waals surface area contributed by atoms with Crippen LogP contribution in [0.4, 0.5) is 0 Å². The van der Waals surface area contributed by atoms with Crippen molar-refractivity contribution < 1.29 is 24.2 Å². The summed E-state index contributed by atoms with van der Waals surface area (Å²) in [6.45, 7) is 0. The fourth-order valence-corrected chi connectivity index (χ4v) is 2.59. The highest BCUT2D eigenvalue weighted by atomic mass is 32.1. The van der Waals surface area contributed by atoms with Gasteiger partial charge in [-0.2, -0.15) is 0 Å². The van der Waals surface area contributed by atoms with Crippen LogP contribution in [0.5, 0.6) is 5.75 Å². The molecule has 0 aliphatic carbocycles. The highest BCUT2D eigenvalue weighted by molar-refractivity contribution is 7.13. The number of carbonyl (C=O) groups excluding carboxylic acids is 2. The standard InChI is InChI=1S/C14H12O5S/c1-18-13(16)10-7-8(15)6-9(11-4-3-5-20-11)12(10)14(17)19-2/h3-7,15H,1-2H3. The Labute approximate surface area is 119 Å². The Kier molecular flexibility index (Phi) is 4.05. The van der Waals surface area contributed by atoms with Gasteiger partial charge in [-0.1, -0.05) is 6.07 Å². The van der Waals surface area contributed by atoms with E-state index in [1.54, 1.807) is 6.07 Å². The molecule has 0 aliphatic heterocycles. The van der Waals surface area contributed by atoms with Gasteiger partial charge in [0, 0.05) is 10.4 Å². The van der Waals surface area contributed by atoms with Crippen LogP contribution in [-0.2, 0) is 9.47 Å². The molecule has 1 N–H and O–H groups in total. The van der Waals surface area contributed by atoms with Crippen LogP contribution < -0.4 is 0 Å². The minimum atomic E-state index is -0.709. The molecule has 6 heteroatoms. The molecule has 2 aromatic rings. The second-order valence-electron chi connectivity index (χ2n) is 3.88. The summed E-state index contributed by atoms with van der Waals surface area (Å²) < 4.78 is 9.37. The van der Waals surface area contributed by atoms with Gasteiger partial charge in [-0.15, -0.1) is 11.3 Å². The quantitative estimate of drug-likeness (QED) is 0.880. The Hall–Kier alpha value is -2.34. The van der Waals surface area contributed by atoms with Crippen molar-refractivity contribution in [3.05, 3.63) is 40.8 Å². The fourth-order valence-electron chi connectivity index (χ4n) is 1.85. The molecule has 0 saturated heterocycles. The number of carbonyl (C=O) groups is 2. The van der Waals surface area contributed by atoms with Gasteiger partial charge in [0.2, 0.25) is 0 Å². The summed E-state index contributed by atoms with van der Waals surface area (Å²) in [5.41, 5.74) is 0.495. The third-order valence-electron chi connectivity index (χ3n) is 2.70. The maximum absolute atomic E-state index is 12.0. The zero-order chi connectivity index (χ0) is 14.7. The molecule has 0 fully saturated rings. The predicted molar refractivity (Wildman–Crippen MR) is 74.1 cm³/mol. The van der Waals surface area contributed by atoms with Gasteiger partial charge in [-0.25, -0.2) is 9.59 Å². The lowest BCUT2D eigenvalue weighted by molar-refractivity contribution is 0.0555. The summed E-state index contributed by atoms with van der Waals surface area (Å²) >= 11 is 1.38. The van der Waals surface area contributed by atoms with E-state index in [4.69, 9.17) is 4.74 Å². The normalized spacial score (nSPS) is 10.1. The summed E-state index contributed by atoms with van der Waals surface area (Å²) in [5.74, 6) is -1.49. The summed E-state index contributed by atoms with van der Waals surface area (Å²) in [4.78, 5) is 24.5. The molecule has 0 aliphatic rings. The van der Waals surface area contributed by atoms with E-state index in [-0.39, 0.29) is 16.9 Å². The van der Waals surface area contributed by atoms with E-state index in [0.717, 1.165) is 4.88 Å². The molecule has 104 valence electrons. The number of methoxy groups -OCH3 is 2. The minimum absolute atomic E-state index is 0.0252. The van der Waals surface area contributed by atoms with E-state index < -0.39 is 11.9 Å². The Bertz CT molecular complexity index is 646. The molecule has 20 heavy (non-hydrogen) atoms. The number of rotatable bonds is 3. The van der Waals surface area contributed by atoms with Gasteiger partial charge in [0.15, 0.2) is 0 Å². The fraction of sp³-hybridized carbons (Fsp3) is 0.143. The number of hydrogen-bond donors (Lipinski definition) is 1. The van der Waals surface area contributed by atoms with Crippen LogP contribution in [-0.4, -0.2) is 31.3 Å². The van der Waals surface area contributed by atoms with Crippen LogP contribution in [0.2, 0.25) is 0 Å². The van der Waals surface area contributed by atoms with Gasteiger partial charge < -0.3 is 14.6 Å². The van der Waals surface area contributed by atoms with E-state index in [2.05, 4.69) is 4.74 Å². The predicted octanol–water partition coefficient (Wildman–Crippen LogP) is 2.69. The highest BCUT2D eigenvalue weighted by Crippen LogP contribution is 2.34. The van der Waals surface area contributed by atoms with Gasteiger partial charge in [0.25, 0.3) is 0 Å². The molecule has 0 bridgehead atoms. The molecule has 1 heterocycles. The van der Waals surface area contributed by atoms with Crippen molar-refractivity contribution in [3.63, 3.8) is 0 Å². The van der Waals surface area contributed by atoms with Crippen LogP contribution in [0.25, 0.3) is 10.4 Å². The van der Waals surface area contributed by atoms with Gasteiger partial charge in [0.1, 0.15) is 5.75 Å². The molecule has 1 aromatic carbocycles.